The van der Waals surface area contributed by atoms with Crippen LogP contribution >= 0.6 is 35.0 Å². The number of hydrogen-bond acceptors (Lipinski definition) is 4. The zero-order valence-corrected chi connectivity index (χ0v) is 21.9. The van der Waals surface area contributed by atoms with Gasteiger partial charge in [0.05, 0.1) is 17.3 Å². The molecule has 0 aliphatic rings. The van der Waals surface area contributed by atoms with Crippen molar-refractivity contribution in [3.63, 3.8) is 0 Å². The van der Waals surface area contributed by atoms with Gasteiger partial charge < -0.3 is 10.6 Å². The van der Waals surface area contributed by atoms with Gasteiger partial charge in [-0.1, -0.05) is 70.9 Å². The van der Waals surface area contributed by atoms with Crippen molar-refractivity contribution < 1.29 is 4.79 Å². The Morgan fingerprint density at radius 2 is 1.80 bits per heavy atom. The van der Waals surface area contributed by atoms with Crippen LogP contribution in [0.15, 0.2) is 65.8 Å². The van der Waals surface area contributed by atoms with Crippen molar-refractivity contribution in [3.05, 3.63) is 98.8 Å². The second-order valence-corrected chi connectivity index (χ2v) is 10.0. The number of benzene rings is 3. The number of aromatic nitrogens is 3. The molecular weight excluding hydrogens is 501 g/mol. The summed E-state index contributed by atoms with van der Waals surface area (Å²) in [5.41, 5.74) is 6.02. The maximum absolute atomic E-state index is 12.6. The first kappa shape index (κ1) is 25.1. The van der Waals surface area contributed by atoms with E-state index in [-0.39, 0.29) is 12.6 Å². The number of urea groups is 1. The SMILES string of the molecule is Cc1cccc(CSc2nnc(CNC(=O)Nc3ccc(C)c(C)c3)n2-c2cc(Cl)ccc2Cl)c1. The predicted octanol–water partition coefficient (Wildman–Crippen LogP) is 7.11. The van der Waals surface area contributed by atoms with Crippen LogP contribution in [0.2, 0.25) is 10.0 Å². The molecule has 1 aromatic heterocycles. The van der Waals surface area contributed by atoms with Gasteiger partial charge in [0.1, 0.15) is 0 Å². The Hall–Kier alpha value is -3.00. The van der Waals surface area contributed by atoms with Crippen LogP contribution in [-0.2, 0) is 12.3 Å². The highest BCUT2D eigenvalue weighted by Crippen LogP contribution is 2.31. The van der Waals surface area contributed by atoms with E-state index in [9.17, 15) is 4.79 Å². The summed E-state index contributed by atoms with van der Waals surface area (Å²) in [7, 11) is 0. The Morgan fingerprint density at radius 3 is 2.57 bits per heavy atom. The number of hydrogen-bond donors (Lipinski definition) is 2. The first-order chi connectivity index (χ1) is 16.8. The van der Waals surface area contributed by atoms with E-state index in [1.54, 1.807) is 18.2 Å². The van der Waals surface area contributed by atoms with E-state index in [4.69, 9.17) is 23.2 Å². The minimum Gasteiger partial charge on any atom is -0.331 e. The van der Waals surface area contributed by atoms with Gasteiger partial charge in [-0.2, -0.15) is 0 Å². The molecule has 0 aliphatic carbocycles. The van der Waals surface area contributed by atoms with Gasteiger partial charge in [-0.25, -0.2) is 4.79 Å². The molecular formula is C26H25Cl2N5OS. The molecule has 0 radical (unpaired) electrons. The Morgan fingerprint density at radius 1 is 0.971 bits per heavy atom. The van der Waals surface area contributed by atoms with Crippen LogP contribution in [0.4, 0.5) is 10.5 Å². The molecule has 0 bridgehead atoms. The van der Waals surface area contributed by atoms with Crippen LogP contribution in [0.3, 0.4) is 0 Å². The van der Waals surface area contributed by atoms with Gasteiger partial charge in [-0.05, 0) is 67.8 Å². The molecule has 0 saturated heterocycles. The number of carbonyl (C=O) groups is 1. The third-order valence-corrected chi connectivity index (χ3v) is 7.03. The van der Waals surface area contributed by atoms with E-state index in [0.717, 1.165) is 16.8 Å². The van der Waals surface area contributed by atoms with Crippen molar-refractivity contribution in [2.75, 3.05) is 5.32 Å². The second kappa shape index (κ2) is 11.2. The molecule has 1 heterocycles. The highest BCUT2D eigenvalue weighted by Gasteiger charge is 2.18. The van der Waals surface area contributed by atoms with E-state index < -0.39 is 0 Å². The van der Waals surface area contributed by atoms with E-state index in [0.29, 0.717) is 32.5 Å². The molecule has 35 heavy (non-hydrogen) atoms. The molecule has 6 nitrogen and oxygen atoms in total. The maximum Gasteiger partial charge on any atom is 0.319 e. The van der Waals surface area contributed by atoms with Crippen molar-refractivity contribution in [1.29, 1.82) is 0 Å². The standard InChI is InChI=1S/C26H25Cl2N5OS/c1-16-5-4-6-19(11-16)15-35-26-32-31-24(33(26)23-13-20(27)8-10-22(23)28)14-29-25(34)30-21-9-7-17(2)18(3)12-21/h4-13H,14-15H2,1-3H3,(H2,29,30,34). The molecule has 2 N–H and O–H groups in total. The van der Waals surface area contributed by atoms with Crippen molar-refractivity contribution in [2.45, 2.75) is 38.2 Å². The summed E-state index contributed by atoms with van der Waals surface area (Å²) in [5.74, 6) is 1.25. The van der Waals surface area contributed by atoms with Crippen molar-refractivity contribution in [3.8, 4) is 5.69 Å². The summed E-state index contributed by atoms with van der Waals surface area (Å²) < 4.78 is 1.84. The fourth-order valence-electron chi connectivity index (χ4n) is 3.51. The van der Waals surface area contributed by atoms with E-state index in [1.807, 2.05) is 42.7 Å². The average molecular weight is 526 g/mol. The fraction of sp³-hybridized carbons (Fsp3) is 0.192. The van der Waals surface area contributed by atoms with Gasteiger partial charge in [0.25, 0.3) is 0 Å². The smallest absolute Gasteiger partial charge is 0.319 e. The van der Waals surface area contributed by atoms with Gasteiger partial charge in [-0.3, -0.25) is 4.57 Å². The lowest BCUT2D eigenvalue weighted by Crippen LogP contribution is -2.29. The molecule has 0 atom stereocenters. The summed E-state index contributed by atoms with van der Waals surface area (Å²) in [6.45, 7) is 6.25. The summed E-state index contributed by atoms with van der Waals surface area (Å²) in [5, 5.41) is 16.2. The molecule has 0 fully saturated rings. The zero-order chi connectivity index (χ0) is 24.9. The molecule has 180 valence electrons. The van der Waals surface area contributed by atoms with Crippen molar-refractivity contribution in [1.82, 2.24) is 20.1 Å². The molecule has 2 amide bonds. The minimum atomic E-state index is -0.339. The molecule has 4 aromatic rings. The van der Waals surface area contributed by atoms with Gasteiger partial charge in [0.15, 0.2) is 11.0 Å². The molecule has 0 spiro atoms. The summed E-state index contributed by atoms with van der Waals surface area (Å²) in [6, 6.07) is 19.0. The van der Waals surface area contributed by atoms with Gasteiger partial charge in [0, 0.05) is 16.5 Å². The number of thioether (sulfide) groups is 1. The number of nitrogens with one attached hydrogen (secondary N) is 2. The van der Waals surface area contributed by atoms with Crippen molar-refractivity contribution in [2.24, 2.45) is 0 Å². The molecule has 4 rings (SSSR count). The van der Waals surface area contributed by atoms with E-state index in [2.05, 4.69) is 46.0 Å². The van der Waals surface area contributed by atoms with Crippen LogP contribution < -0.4 is 10.6 Å². The third-order valence-electron chi connectivity index (χ3n) is 5.47. The molecule has 9 heteroatoms. The number of nitrogens with zero attached hydrogens (tertiary/aromatic N) is 3. The molecule has 0 saturated carbocycles. The number of anilines is 1. The maximum atomic E-state index is 12.6. The predicted molar refractivity (Wildman–Crippen MR) is 144 cm³/mol. The monoisotopic (exact) mass is 525 g/mol. The zero-order valence-electron chi connectivity index (χ0n) is 19.6. The van der Waals surface area contributed by atoms with Crippen LogP contribution in [0.1, 0.15) is 28.1 Å². The highest BCUT2D eigenvalue weighted by molar-refractivity contribution is 7.98. The first-order valence-corrected chi connectivity index (χ1v) is 12.7. The summed E-state index contributed by atoms with van der Waals surface area (Å²) in [6.07, 6.45) is 0. The lowest BCUT2D eigenvalue weighted by Gasteiger charge is -2.13. The summed E-state index contributed by atoms with van der Waals surface area (Å²) >= 11 is 14.3. The van der Waals surface area contributed by atoms with Crippen LogP contribution in [-0.4, -0.2) is 20.8 Å². The summed E-state index contributed by atoms with van der Waals surface area (Å²) in [4.78, 5) is 12.6. The number of rotatable bonds is 7. The third kappa shape index (κ3) is 6.36. The lowest BCUT2D eigenvalue weighted by molar-refractivity contribution is 0.251. The van der Waals surface area contributed by atoms with Crippen LogP contribution in [0.25, 0.3) is 5.69 Å². The fourth-order valence-corrected chi connectivity index (χ4v) is 4.79. The molecule has 0 unspecified atom stereocenters. The molecule has 0 aliphatic heterocycles. The number of aryl methyl sites for hydroxylation is 3. The average Bonchev–Trinajstić information content (AvgIpc) is 3.23. The number of amides is 2. The van der Waals surface area contributed by atoms with E-state index in [1.165, 1.54) is 22.9 Å². The number of carbonyl (C=O) groups excluding carboxylic acids is 1. The largest absolute Gasteiger partial charge is 0.331 e. The van der Waals surface area contributed by atoms with Crippen molar-refractivity contribution >= 4 is 46.7 Å². The Labute approximate surface area is 219 Å². The Bertz CT molecular complexity index is 1370. The lowest BCUT2D eigenvalue weighted by atomic mass is 10.1. The normalized spacial score (nSPS) is 10.9. The first-order valence-electron chi connectivity index (χ1n) is 11.0. The second-order valence-electron chi connectivity index (χ2n) is 8.21. The van der Waals surface area contributed by atoms with E-state index >= 15 is 0 Å². The van der Waals surface area contributed by atoms with Crippen LogP contribution in [0.5, 0.6) is 0 Å². The van der Waals surface area contributed by atoms with Gasteiger partial charge >= 0.3 is 6.03 Å². The molecule has 3 aromatic carbocycles. The van der Waals surface area contributed by atoms with Gasteiger partial charge in [0.2, 0.25) is 0 Å². The highest BCUT2D eigenvalue weighted by atomic mass is 35.5. The number of halogens is 2. The topological polar surface area (TPSA) is 71.8 Å². The minimum absolute atomic E-state index is 0.150. The van der Waals surface area contributed by atoms with Gasteiger partial charge in [-0.15, -0.1) is 10.2 Å². The van der Waals surface area contributed by atoms with Crippen LogP contribution in [0, 0.1) is 20.8 Å². The quantitative estimate of drug-likeness (QED) is 0.252. The Kier molecular flexibility index (Phi) is 8.00. The Balaban J connectivity index is 1.55.